The number of esters is 1. The number of hydrogen-bond donors (Lipinski definition) is 1. The van der Waals surface area contributed by atoms with Crippen molar-refractivity contribution >= 4 is 28.3 Å². The second-order valence-electron chi connectivity index (χ2n) is 6.23. The molecule has 1 aromatic carbocycles. The Kier molecular flexibility index (Phi) is 6.20. The number of aryl methyl sites for hydroxylation is 1. The monoisotopic (exact) mass is 438 g/mol. The van der Waals surface area contributed by atoms with E-state index in [1.54, 1.807) is 26.0 Å². The normalized spacial score (nSPS) is 11.4. The van der Waals surface area contributed by atoms with Gasteiger partial charge in [0, 0.05) is 5.38 Å². The molecule has 7 nitrogen and oxygen atoms in total. The van der Waals surface area contributed by atoms with Crippen molar-refractivity contribution in [3.8, 4) is 5.69 Å². The fourth-order valence-electron chi connectivity index (χ4n) is 2.64. The van der Waals surface area contributed by atoms with Gasteiger partial charge in [0.25, 0.3) is 5.91 Å². The zero-order valence-corrected chi connectivity index (χ0v) is 16.8. The highest BCUT2D eigenvalue weighted by atomic mass is 32.1. The molecule has 0 aliphatic rings. The Morgan fingerprint density at radius 3 is 2.57 bits per heavy atom. The number of carbonyl (C=O) groups excluding carboxylic acids is 2. The molecule has 1 N–H and O–H groups in total. The number of alkyl halides is 3. The van der Waals surface area contributed by atoms with Crippen LogP contribution in [0.15, 0.2) is 35.8 Å². The molecule has 158 valence electrons. The number of thiazole rings is 1. The van der Waals surface area contributed by atoms with Crippen LogP contribution in [0, 0.1) is 6.92 Å². The number of nitrogens with zero attached hydrogens (tertiary/aromatic N) is 3. The molecule has 30 heavy (non-hydrogen) atoms. The molecule has 2 aromatic heterocycles. The fraction of sp³-hybridized carbons (Fsp3) is 0.263. The Balaban J connectivity index is 1.85. The number of amides is 1. The van der Waals surface area contributed by atoms with Gasteiger partial charge in [0.1, 0.15) is 0 Å². The zero-order chi connectivity index (χ0) is 21.9. The van der Waals surface area contributed by atoms with E-state index in [9.17, 15) is 22.8 Å². The van der Waals surface area contributed by atoms with Crippen molar-refractivity contribution in [1.29, 1.82) is 0 Å². The van der Waals surface area contributed by atoms with E-state index in [0.717, 1.165) is 23.1 Å². The van der Waals surface area contributed by atoms with E-state index in [-0.39, 0.29) is 23.8 Å². The molecule has 11 heteroatoms. The summed E-state index contributed by atoms with van der Waals surface area (Å²) in [5.41, 5.74) is -0.421. The van der Waals surface area contributed by atoms with E-state index in [1.165, 1.54) is 17.5 Å². The lowest BCUT2D eigenvalue weighted by Crippen LogP contribution is -2.20. The molecule has 0 unspecified atom stereocenters. The summed E-state index contributed by atoms with van der Waals surface area (Å²) in [6.07, 6.45) is -4.05. The summed E-state index contributed by atoms with van der Waals surface area (Å²) in [4.78, 5) is 28.1. The molecule has 0 radical (unpaired) electrons. The van der Waals surface area contributed by atoms with Crippen LogP contribution in [-0.4, -0.2) is 33.2 Å². The van der Waals surface area contributed by atoms with E-state index < -0.39 is 29.3 Å². The molecule has 3 aromatic rings. The highest BCUT2D eigenvalue weighted by Crippen LogP contribution is 2.34. The third kappa shape index (κ3) is 4.85. The topological polar surface area (TPSA) is 86.1 Å². The van der Waals surface area contributed by atoms with Crippen LogP contribution in [0.3, 0.4) is 0 Å². The van der Waals surface area contributed by atoms with Crippen LogP contribution >= 0.6 is 11.3 Å². The van der Waals surface area contributed by atoms with E-state index >= 15 is 0 Å². The number of aromatic nitrogens is 3. The largest absolute Gasteiger partial charge is 0.466 e. The lowest BCUT2D eigenvalue weighted by Gasteiger charge is -2.12. The fourth-order valence-corrected chi connectivity index (χ4v) is 3.34. The summed E-state index contributed by atoms with van der Waals surface area (Å²) in [6.45, 7) is 3.69. The predicted octanol–water partition coefficient (Wildman–Crippen LogP) is 4.01. The van der Waals surface area contributed by atoms with Gasteiger partial charge >= 0.3 is 12.1 Å². The molecule has 0 spiro atoms. The quantitative estimate of drug-likeness (QED) is 0.588. The van der Waals surface area contributed by atoms with Crippen molar-refractivity contribution < 1.29 is 27.5 Å². The first-order chi connectivity index (χ1) is 14.2. The van der Waals surface area contributed by atoms with Crippen LogP contribution < -0.4 is 5.32 Å². The summed E-state index contributed by atoms with van der Waals surface area (Å²) < 4.78 is 46.7. The van der Waals surface area contributed by atoms with Crippen molar-refractivity contribution in [3.63, 3.8) is 0 Å². The Bertz CT molecular complexity index is 1060. The minimum absolute atomic E-state index is 0.0653. The number of carbonyl (C=O) groups is 2. The van der Waals surface area contributed by atoms with E-state index in [4.69, 9.17) is 4.74 Å². The van der Waals surface area contributed by atoms with Crippen molar-refractivity contribution in [2.45, 2.75) is 26.4 Å². The second kappa shape index (κ2) is 8.66. The van der Waals surface area contributed by atoms with E-state index in [2.05, 4.69) is 15.4 Å². The van der Waals surface area contributed by atoms with Crippen LogP contribution in [0.1, 0.15) is 34.2 Å². The van der Waals surface area contributed by atoms with Crippen molar-refractivity contribution in [3.05, 3.63) is 58.4 Å². The SMILES string of the molecule is CCOC(=O)Cc1csc(NC(=O)c2cnn(-c3ccc(C)cc3)c2C(F)(F)F)n1. The molecule has 0 aliphatic heterocycles. The van der Waals surface area contributed by atoms with Gasteiger partial charge in [-0.25, -0.2) is 9.67 Å². The van der Waals surface area contributed by atoms with Gasteiger partial charge in [-0.15, -0.1) is 11.3 Å². The highest BCUT2D eigenvalue weighted by molar-refractivity contribution is 7.14. The van der Waals surface area contributed by atoms with Gasteiger partial charge in [-0.05, 0) is 26.0 Å². The number of benzene rings is 1. The maximum atomic E-state index is 13.7. The summed E-state index contributed by atoms with van der Waals surface area (Å²) >= 11 is 0.991. The average Bonchev–Trinajstić information content (AvgIpc) is 3.29. The van der Waals surface area contributed by atoms with Crippen molar-refractivity contribution in [2.24, 2.45) is 0 Å². The molecular formula is C19H17F3N4O3S. The molecule has 0 bridgehead atoms. The Hall–Kier alpha value is -3.21. The minimum atomic E-state index is -4.81. The zero-order valence-electron chi connectivity index (χ0n) is 16.0. The number of hydrogen-bond acceptors (Lipinski definition) is 6. The second-order valence-corrected chi connectivity index (χ2v) is 7.09. The average molecular weight is 438 g/mol. The maximum absolute atomic E-state index is 13.7. The molecular weight excluding hydrogens is 421 g/mol. The summed E-state index contributed by atoms with van der Waals surface area (Å²) in [5, 5.41) is 7.69. The minimum Gasteiger partial charge on any atom is -0.466 e. The Morgan fingerprint density at radius 2 is 1.93 bits per heavy atom. The maximum Gasteiger partial charge on any atom is 0.434 e. The first-order valence-corrected chi connectivity index (χ1v) is 9.70. The van der Waals surface area contributed by atoms with Crippen molar-refractivity contribution in [2.75, 3.05) is 11.9 Å². The van der Waals surface area contributed by atoms with Crippen LogP contribution in [0.2, 0.25) is 0 Å². The predicted molar refractivity (Wildman–Crippen MR) is 104 cm³/mol. The van der Waals surface area contributed by atoms with E-state index in [0.29, 0.717) is 10.4 Å². The van der Waals surface area contributed by atoms with Gasteiger partial charge in [-0.2, -0.15) is 18.3 Å². The Labute approximate surface area is 173 Å². The third-order valence-electron chi connectivity index (χ3n) is 3.96. The van der Waals surface area contributed by atoms with Gasteiger partial charge in [-0.1, -0.05) is 17.7 Å². The molecule has 0 aliphatic carbocycles. The smallest absolute Gasteiger partial charge is 0.434 e. The first kappa shape index (κ1) is 21.5. The first-order valence-electron chi connectivity index (χ1n) is 8.82. The van der Waals surface area contributed by atoms with Crippen LogP contribution in [0.4, 0.5) is 18.3 Å². The number of nitrogens with one attached hydrogen (secondary N) is 1. The van der Waals surface area contributed by atoms with Crippen LogP contribution in [-0.2, 0) is 22.1 Å². The lowest BCUT2D eigenvalue weighted by molar-refractivity contribution is -0.143. The van der Waals surface area contributed by atoms with Gasteiger partial charge in [0.15, 0.2) is 10.8 Å². The number of anilines is 1. The van der Waals surface area contributed by atoms with Gasteiger partial charge in [0.05, 0.1) is 36.2 Å². The van der Waals surface area contributed by atoms with Gasteiger partial charge in [0.2, 0.25) is 0 Å². The molecule has 1 amide bonds. The summed E-state index contributed by atoms with van der Waals surface area (Å²) in [6, 6.07) is 6.28. The van der Waals surface area contributed by atoms with Gasteiger partial charge in [-0.3, -0.25) is 14.9 Å². The molecule has 3 rings (SSSR count). The van der Waals surface area contributed by atoms with Crippen molar-refractivity contribution in [1.82, 2.24) is 14.8 Å². The molecule has 0 atom stereocenters. The van der Waals surface area contributed by atoms with E-state index in [1.807, 2.05) is 0 Å². The molecule has 0 fully saturated rings. The molecule has 0 saturated heterocycles. The summed E-state index contributed by atoms with van der Waals surface area (Å²) in [7, 11) is 0. The van der Waals surface area contributed by atoms with Crippen LogP contribution in [0.5, 0.6) is 0 Å². The standard InChI is InChI=1S/C19H17F3N4O3S/c1-3-29-15(27)8-12-10-30-18(24-12)25-17(28)14-9-23-26(16(14)19(20,21)22)13-6-4-11(2)5-7-13/h4-7,9-10H,3,8H2,1-2H3,(H,24,25,28). The van der Waals surface area contributed by atoms with Crippen LogP contribution in [0.25, 0.3) is 5.69 Å². The highest BCUT2D eigenvalue weighted by Gasteiger charge is 2.40. The number of rotatable bonds is 6. The Morgan fingerprint density at radius 1 is 1.23 bits per heavy atom. The van der Waals surface area contributed by atoms with Gasteiger partial charge < -0.3 is 4.74 Å². The molecule has 0 saturated carbocycles. The summed E-state index contributed by atoms with van der Waals surface area (Å²) in [5.74, 6) is -1.49. The number of ether oxygens (including phenoxy) is 1. The number of halogens is 3. The molecule has 2 heterocycles. The lowest BCUT2D eigenvalue weighted by atomic mass is 10.2. The third-order valence-corrected chi connectivity index (χ3v) is 4.77.